The number of hydrogen-bond acceptors (Lipinski definition) is 4. The van der Waals surface area contributed by atoms with Crippen LogP contribution >= 0.6 is 0 Å². The average Bonchev–Trinajstić information content (AvgIpc) is 2.66. The Labute approximate surface area is 154 Å². The molecule has 1 atom stereocenters. The number of ether oxygens (including phenoxy) is 2. The molecule has 1 unspecified atom stereocenters. The third kappa shape index (κ3) is 3.85. The molecule has 0 bridgehead atoms. The Morgan fingerprint density at radius 1 is 1.31 bits per heavy atom. The first-order valence-corrected chi connectivity index (χ1v) is 9.35. The van der Waals surface area contributed by atoms with E-state index < -0.39 is 6.04 Å². The fourth-order valence-corrected chi connectivity index (χ4v) is 4.45. The van der Waals surface area contributed by atoms with Crippen LogP contribution in [0, 0.1) is 5.41 Å². The standard InChI is InChI=1S/C20H28N2O4/c1-25-16-5-2-4-15(14-16)6-7-17(23)22-11-3-8-20(18(22)19(21)24)9-12-26-13-10-20/h2,4-5,14,18H,3,6-13H2,1H3,(H2,21,24). The predicted octanol–water partition coefficient (Wildman–Crippen LogP) is 1.90. The van der Waals surface area contributed by atoms with Crippen molar-refractivity contribution in [3.63, 3.8) is 0 Å². The summed E-state index contributed by atoms with van der Waals surface area (Å²) in [6.45, 7) is 1.87. The Hall–Kier alpha value is -2.08. The summed E-state index contributed by atoms with van der Waals surface area (Å²) in [7, 11) is 1.63. The van der Waals surface area contributed by atoms with E-state index in [1.807, 2.05) is 24.3 Å². The van der Waals surface area contributed by atoms with Gasteiger partial charge in [-0.25, -0.2) is 0 Å². The average molecular weight is 360 g/mol. The van der Waals surface area contributed by atoms with E-state index in [9.17, 15) is 9.59 Å². The molecule has 2 N–H and O–H groups in total. The van der Waals surface area contributed by atoms with Crippen LogP contribution in [-0.4, -0.2) is 49.6 Å². The molecular formula is C20H28N2O4. The summed E-state index contributed by atoms with van der Waals surface area (Å²) in [5.74, 6) is 0.396. The highest BCUT2D eigenvalue weighted by Gasteiger charge is 2.49. The summed E-state index contributed by atoms with van der Waals surface area (Å²) in [5, 5.41) is 0. The number of carbonyl (C=O) groups excluding carboxylic acids is 2. The van der Waals surface area contributed by atoms with Crippen molar-refractivity contribution in [3.05, 3.63) is 29.8 Å². The number of likely N-dealkylation sites (tertiary alicyclic amines) is 1. The fraction of sp³-hybridized carbons (Fsp3) is 0.600. The van der Waals surface area contributed by atoms with E-state index in [1.165, 1.54) is 0 Å². The summed E-state index contributed by atoms with van der Waals surface area (Å²) in [4.78, 5) is 26.9. The number of primary amides is 1. The summed E-state index contributed by atoms with van der Waals surface area (Å²) < 4.78 is 10.7. The number of carbonyl (C=O) groups is 2. The number of hydrogen-bond donors (Lipinski definition) is 1. The van der Waals surface area contributed by atoms with E-state index in [2.05, 4.69) is 0 Å². The first-order chi connectivity index (χ1) is 12.6. The molecule has 2 aliphatic rings. The molecule has 2 aliphatic heterocycles. The molecule has 2 saturated heterocycles. The van der Waals surface area contributed by atoms with Crippen molar-refractivity contribution in [2.75, 3.05) is 26.9 Å². The van der Waals surface area contributed by atoms with Crippen LogP contribution in [0.25, 0.3) is 0 Å². The number of nitrogens with two attached hydrogens (primary N) is 1. The fourth-order valence-electron chi connectivity index (χ4n) is 4.45. The highest BCUT2D eigenvalue weighted by molar-refractivity contribution is 5.87. The quantitative estimate of drug-likeness (QED) is 0.869. The van der Waals surface area contributed by atoms with Crippen LogP contribution in [0.3, 0.4) is 0 Å². The maximum Gasteiger partial charge on any atom is 0.240 e. The zero-order chi connectivity index (χ0) is 18.6. The van der Waals surface area contributed by atoms with Gasteiger partial charge in [-0.15, -0.1) is 0 Å². The monoisotopic (exact) mass is 360 g/mol. The van der Waals surface area contributed by atoms with Gasteiger partial charge in [-0.05, 0) is 49.8 Å². The second-order valence-corrected chi connectivity index (χ2v) is 7.32. The van der Waals surface area contributed by atoms with Gasteiger partial charge in [-0.2, -0.15) is 0 Å². The second kappa shape index (κ2) is 8.08. The van der Waals surface area contributed by atoms with E-state index in [0.717, 1.165) is 37.0 Å². The molecular weight excluding hydrogens is 332 g/mol. The highest BCUT2D eigenvalue weighted by Crippen LogP contribution is 2.44. The van der Waals surface area contributed by atoms with Crippen molar-refractivity contribution in [1.82, 2.24) is 4.90 Å². The Bertz CT molecular complexity index is 649. The van der Waals surface area contributed by atoms with Gasteiger partial charge in [-0.3, -0.25) is 9.59 Å². The SMILES string of the molecule is COc1cccc(CCC(=O)N2CCCC3(CCOCC3)C2C(N)=O)c1. The minimum absolute atomic E-state index is 0.00202. The van der Waals surface area contributed by atoms with Gasteiger partial charge in [0, 0.05) is 31.6 Å². The first-order valence-electron chi connectivity index (χ1n) is 9.35. The molecule has 0 saturated carbocycles. The van der Waals surface area contributed by atoms with Crippen LogP contribution < -0.4 is 10.5 Å². The molecule has 142 valence electrons. The molecule has 0 radical (unpaired) electrons. The Balaban J connectivity index is 1.71. The lowest BCUT2D eigenvalue weighted by molar-refractivity contribution is -0.153. The maximum absolute atomic E-state index is 12.9. The maximum atomic E-state index is 12.9. The zero-order valence-electron chi connectivity index (χ0n) is 15.4. The molecule has 3 rings (SSSR count). The molecule has 6 heteroatoms. The molecule has 0 aromatic heterocycles. The van der Waals surface area contributed by atoms with E-state index in [-0.39, 0.29) is 17.2 Å². The Kier molecular flexibility index (Phi) is 5.81. The van der Waals surface area contributed by atoms with Crippen LogP contribution in [0.4, 0.5) is 0 Å². The molecule has 1 spiro atoms. The van der Waals surface area contributed by atoms with E-state index in [1.54, 1.807) is 12.0 Å². The van der Waals surface area contributed by atoms with Gasteiger partial charge in [0.15, 0.2) is 0 Å². The van der Waals surface area contributed by atoms with Crippen LogP contribution in [0.2, 0.25) is 0 Å². The molecule has 2 amide bonds. The van der Waals surface area contributed by atoms with Gasteiger partial charge in [0.25, 0.3) is 0 Å². The lowest BCUT2D eigenvalue weighted by Crippen LogP contribution is -2.61. The van der Waals surface area contributed by atoms with E-state index in [0.29, 0.717) is 32.6 Å². The van der Waals surface area contributed by atoms with Gasteiger partial charge in [0.2, 0.25) is 11.8 Å². The third-order valence-electron chi connectivity index (χ3n) is 5.81. The van der Waals surface area contributed by atoms with Crippen molar-refractivity contribution in [2.24, 2.45) is 11.1 Å². The highest BCUT2D eigenvalue weighted by atomic mass is 16.5. The number of piperidine rings is 1. The summed E-state index contributed by atoms with van der Waals surface area (Å²) >= 11 is 0. The predicted molar refractivity (Wildman–Crippen MR) is 97.7 cm³/mol. The lowest BCUT2D eigenvalue weighted by Gasteiger charge is -2.50. The second-order valence-electron chi connectivity index (χ2n) is 7.32. The molecule has 1 aromatic carbocycles. The topological polar surface area (TPSA) is 81.9 Å². The number of aryl methyl sites for hydroxylation is 1. The lowest BCUT2D eigenvalue weighted by atomic mass is 9.67. The molecule has 6 nitrogen and oxygen atoms in total. The third-order valence-corrected chi connectivity index (χ3v) is 5.81. The largest absolute Gasteiger partial charge is 0.497 e. The normalized spacial score (nSPS) is 22.2. The number of rotatable bonds is 5. The van der Waals surface area contributed by atoms with Crippen molar-refractivity contribution in [1.29, 1.82) is 0 Å². The minimum atomic E-state index is -0.516. The summed E-state index contributed by atoms with van der Waals surface area (Å²) in [6.07, 6.45) is 4.41. The van der Waals surface area contributed by atoms with Crippen molar-refractivity contribution in [2.45, 2.75) is 44.6 Å². The van der Waals surface area contributed by atoms with Crippen LogP contribution in [0.1, 0.15) is 37.7 Å². The molecule has 0 aliphatic carbocycles. The molecule has 2 fully saturated rings. The molecule has 1 aromatic rings. The first kappa shape index (κ1) is 18.7. The van der Waals surface area contributed by atoms with Gasteiger partial charge in [0.05, 0.1) is 7.11 Å². The minimum Gasteiger partial charge on any atom is -0.497 e. The smallest absolute Gasteiger partial charge is 0.240 e. The Morgan fingerprint density at radius 2 is 2.08 bits per heavy atom. The van der Waals surface area contributed by atoms with Gasteiger partial charge >= 0.3 is 0 Å². The van der Waals surface area contributed by atoms with Crippen LogP contribution in [-0.2, 0) is 20.7 Å². The zero-order valence-corrected chi connectivity index (χ0v) is 15.4. The van der Waals surface area contributed by atoms with Gasteiger partial charge in [-0.1, -0.05) is 12.1 Å². The van der Waals surface area contributed by atoms with Crippen molar-refractivity contribution < 1.29 is 19.1 Å². The number of amides is 2. The summed E-state index contributed by atoms with van der Waals surface area (Å²) in [5.41, 5.74) is 6.59. The number of methoxy groups -OCH3 is 1. The van der Waals surface area contributed by atoms with Crippen molar-refractivity contribution in [3.8, 4) is 5.75 Å². The van der Waals surface area contributed by atoms with Crippen LogP contribution in [0.5, 0.6) is 5.75 Å². The Morgan fingerprint density at radius 3 is 2.77 bits per heavy atom. The number of benzene rings is 1. The van der Waals surface area contributed by atoms with Crippen LogP contribution in [0.15, 0.2) is 24.3 Å². The molecule has 2 heterocycles. The van der Waals surface area contributed by atoms with Gasteiger partial charge in [0.1, 0.15) is 11.8 Å². The van der Waals surface area contributed by atoms with Crippen molar-refractivity contribution >= 4 is 11.8 Å². The molecule has 26 heavy (non-hydrogen) atoms. The van der Waals surface area contributed by atoms with Gasteiger partial charge < -0.3 is 20.1 Å². The van der Waals surface area contributed by atoms with E-state index >= 15 is 0 Å². The number of nitrogens with zero attached hydrogens (tertiary/aromatic N) is 1. The summed E-state index contributed by atoms with van der Waals surface area (Å²) in [6, 6.07) is 7.21. The van der Waals surface area contributed by atoms with E-state index in [4.69, 9.17) is 15.2 Å².